The summed E-state index contributed by atoms with van der Waals surface area (Å²) in [6, 6.07) is 4.00. The average molecular weight is 315 g/mol. The number of rotatable bonds is 3. The molecule has 2 atom stereocenters. The molecule has 0 unspecified atom stereocenters. The number of likely N-dealkylation sites (tertiary alicyclic amines) is 1. The first-order valence-corrected chi connectivity index (χ1v) is 8.62. The summed E-state index contributed by atoms with van der Waals surface area (Å²) in [5, 5.41) is 4.39. The number of ether oxygens (including phenoxy) is 1. The van der Waals surface area contributed by atoms with E-state index < -0.39 is 0 Å². The van der Waals surface area contributed by atoms with Crippen LogP contribution in [0.3, 0.4) is 0 Å². The molecule has 0 radical (unpaired) electrons. The van der Waals surface area contributed by atoms with E-state index in [9.17, 15) is 0 Å². The molecule has 2 N–H and O–H groups in total. The fraction of sp³-hybridized carbons (Fsp3) is 0.647. The van der Waals surface area contributed by atoms with Crippen LogP contribution in [0, 0.1) is 12.8 Å². The van der Waals surface area contributed by atoms with Crippen molar-refractivity contribution in [3.63, 3.8) is 0 Å². The lowest BCUT2D eigenvalue weighted by Crippen LogP contribution is -2.38. The summed E-state index contributed by atoms with van der Waals surface area (Å²) in [6.45, 7) is 7.24. The van der Waals surface area contributed by atoms with E-state index >= 15 is 0 Å². The van der Waals surface area contributed by atoms with Crippen molar-refractivity contribution in [3.05, 3.63) is 23.5 Å². The second kappa shape index (κ2) is 6.09. The number of hydrogen-bond donors (Lipinski definition) is 1. The second-order valence-electron chi connectivity index (χ2n) is 6.99. The van der Waals surface area contributed by atoms with Crippen LogP contribution < -0.4 is 5.73 Å². The zero-order chi connectivity index (χ0) is 15.8. The van der Waals surface area contributed by atoms with E-state index in [1.807, 2.05) is 19.1 Å². The fourth-order valence-corrected chi connectivity index (χ4v) is 3.90. The molecule has 6 heteroatoms. The number of piperidine rings is 1. The van der Waals surface area contributed by atoms with Crippen LogP contribution >= 0.6 is 0 Å². The molecule has 2 aromatic heterocycles. The zero-order valence-corrected chi connectivity index (χ0v) is 13.7. The lowest BCUT2D eigenvalue weighted by molar-refractivity contribution is 0.149. The number of nitrogens with zero attached hydrogens (tertiary/aromatic N) is 4. The van der Waals surface area contributed by atoms with Gasteiger partial charge in [-0.2, -0.15) is 9.61 Å². The molecule has 4 heterocycles. The SMILES string of the molecule is Cc1cc2nc([C@H]3CCCN(C[C@@H]4CCOC4)C3)cc(N)n2n1. The lowest BCUT2D eigenvalue weighted by atomic mass is 9.93. The average Bonchev–Trinajstić information content (AvgIpc) is 3.16. The second-order valence-corrected chi connectivity index (χ2v) is 6.99. The number of nitrogen functional groups attached to an aromatic ring is 1. The van der Waals surface area contributed by atoms with Gasteiger partial charge in [0, 0.05) is 37.7 Å². The Kier molecular flexibility index (Phi) is 3.95. The highest BCUT2D eigenvalue weighted by atomic mass is 16.5. The maximum Gasteiger partial charge on any atom is 0.157 e. The summed E-state index contributed by atoms with van der Waals surface area (Å²) < 4.78 is 7.24. The van der Waals surface area contributed by atoms with Crippen LogP contribution in [0.4, 0.5) is 5.82 Å². The molecule has 2 saturated heterocycles. The van der Waals surface area contributed by atoms with Gasteiger partial charge in [-0.1, -0.05) is 0 Å². The van der Waals surface area contributed by atoms with Gasteiger partial charge in [0.2, 0.25) is 0 Å². The third-order valence-corrected chi connectivity index (χ3v) is 5.06. The van der Waals surface area contributed by atoms with Crippen molar-refractivity contribution in [3.8, 4) is 0 Å². The molecule has 2 aromatic rings. The Bertz CT molecular complexity index is 692. The highest BCUT2D eigenvalue weighted by Crippen LogP contribution is 2.28. The van der Waals surface area contributed by atoms with E-state index in [4.69, 9.17) is 15.5 Å². The number of anilines is 1. The first-order valence-electron chi connectivity index (χ1n) is 8.62. The van der Waals surface area contributed by atoms with Gasteiger partial charge in [0.1, 0.15) is 5.82 Å². The van der Waals surface area contributed by atoms with Crippen molar-refractivity contribution in [1.29, 1.82) is 0 Å². The van der Waals surface area contributed by atoms with Crippen molar-refractivity contribution in [1.82, 2.24) is 19.5 Å². The molecule has 2 aliphatic rings. The van der Waals surface area contributed by atoms with E-state index in [0.29, 0.717) is 17.7 Å². The highest BCUT2D eigenvalue weighted by Gasteiger charge is 2.26. The maximum absolute atomic E-state index is 6.17. The van der Waals surface area contributed by atoms with Crippen molar-refractivity contribution >= 4 is 11.5 Å². The van der Waals surface area contributed by atoms with Crippen molar-refractivity contribution < 1.29 is 4.74 Å². The molecule has 23 heavy (non-hydrogen) atoms. The van der Waals surface area contributed by atoms with Gasteiger partial charge in [0.15, 0.2) is 5.65 Å². The fourth-order valence-electron chi connectivity index (χ4n) is 3.90. The molecule has 4 rings (SSSR count). The van der Waals surface area contributed by atoms with E-state index in [2.05, 4.69) is 10.00 Å². The summed E-state index contributed by atoms with van der Waals surface area (Å²) in [5.74, 6) is 1.85. The van der Waals surface area contributed by atoms with Crippen molar-refractivity contribution in [2.75, 3.05) is 38.6 Å². The van der Waals surface area contributed by atoms with Gasteiger partial charge in [-0.25, -0.2) is 4.98 Å². The number of aromatic nitrogens is 3. The number of hydrogen-bond acceptors (Lipinski definition) is 5. The van der Waals surface area contributed by atoms with Gasteiger partial charge in [0.05, 0.1) is 18.0 Å². The van der Waals surface area contributed by atoms with Crippen molar-refractivity contribution in [2.24, 2.45) is 5.92 Å². The Morgan fingerprint density at radius 3 is 3.09 bits per heavy atom. The summed E-state index contributed by atoms with van der Waals surface area (Å²) in [6.07, 6.45) is 3.62. The topological polar surface area (TPSA) is 68.7 Å². The summed E-state index contributed by atoms with van der Waals surface area (Å²) in [4.78, 5) is 7.40. The van der Waals surface area contributed by atoms with Crippen LogP contribution in [0.2, 0.25) is 0 Å². The molecule has 0 bridgehead atoms. The number of fused-ring (bicyclic) bond motifs is 1. The van der Waals surface area contributed by atoms with Crippen LogP contribution in [0.15, 0.2) is 12.1 Å². The smallest absolute Gasteiger partial charge is 0.157 e. The van der Waals surface area contributed by atoms with Gasteiger partial charge in [-0.05, 0) is 38.6 Å². The minimum atomic E-state index is 0.466. The molecule has 2 aliphatic heterocycles. The van der Waals surface area contributed by atoms with E-state index in [1.54, 1.807) is 4.52 Å². The maximum atomic E-state index is 6.17. The minimum absolute atomic E-state index is 0.466. The van der Waals surface area contributed by atoms with Gasteiger partial charge < -0.3 is 15.4 Å². The van der Waals surface area contributed by atoms with Crippen molar-refractivity contribution in [2.45, 2.75) is 32.1 Å². The predicted molar refractivity (Wildman–Crippen MR) is 89.5 cm³/mol. The standard InChI is InChI=1S/C17H25N5O/c1-12-7-17-19-15(8-16(18)22(17)20-12)14-3-2-5-21(10-14)9-13-4-6-23-11-13/h7-8,13-14H,2-6,9-11,18H2,1H3/t13-,14-/m0/s1. The monoisotopic (exact) mass is 315 g/mol. The van der Waals surface area contributed by atoms with E-state index in [0.717, 1.165) is 43.3 Å². The first-order chi connectivity index (χ1) is 11.2. The number of nitrogens with two attached hydrogens (primary N) is 1. The van der Waals surface area contributed by atoms with Crippen LogP contribution in [0.1, 0.15) is 36.6 Å². The van der Waals surface area contributed by atoms with E-state index in [-0.39, 0.29) is 0 Å². The molecule has 0 saturated carbocycles. The Morgan fingerprint density at radius 1 is 1.35 bits per heavy atom. The quantitative estimate of drug-likeness (QED) is 0.936. The van der Waals surface area contributed by atoms with E-state index in [1.165, 1.54) is 25.8 Å². The molecular formula is C17H25N5O. The van der Waals surface area contributed by atoms with Gasteiger partial charge in [0.25, 0.3) is 0 Å². The normalized spacial score (nSPS) is 26.1. The highest BCUT2D eigenvalue weighted by molar-refractivity contribution is 5.48. The Balaban J connectivity index is 1.52. The third kappa shape index (κ3) is 3.05. The van der Waals surface area contributed by atoms with Gasteiger partial charge in [-0.3, -0.25) is 0 Å². The van der Waals surface area contributed by atoms with Crippen LogP contribution in [0.5, 0.6) is 0 Å². The summed E-state index contributed by atoms with van der Waals surface area (Å²) >= 11 is 0. The molecule has 0 amide bonds. The largest absolute Gasteiger partial charge is 0.384 e. The zero-order valence-electron chi connectivity index (χ0n) is 13.7. The number of aryl methyl sites for hydroxylation is 1. The molecule has 0 aromatic carbocycles. The molecule has 6 nitrogen and oxygen atoms in total. The summed E-state index contributed by atoms with van der Waals surface area (Å²) in [7, 11) is 0. The molecule has 124 valence electrons. The Hall–Kier alpha value is -1.66. The molecule has 0 aliphatic carbocycles. The third-order valence-electron chi connectivity index (χ3n) is 5.06. The molecular weight excluding hydrogens is 290 g/mol. The minimum Gasteiger partial charge on any atom is -0.384 e. The Labute approximate surface area is 136 Å². The van der Waals surface area contributed by atoms with Gasteiger partial charge >= 0.3 is 0 Å². The van der Waals surface area contributed by atoms with Crippen LogP contribution in [-0.4, -0.2) is 52.3 Å². The summed E-state index contributed by atoms with van der Waals surface area (Å²) in [5.41, 5.74) is 9.10. The molecule has 2 fully saturated rings. The molecule has 0 spiro atoms. The first kappa shape index (κ1) is 14.9. The lowest BCUT2D eigenvalue weighted by Gasteiger charge is -2.33. The van der Waals surface area contributed by atoms with Crippen LogP contribution in [-0.2, 0) is 4.74 Å². The van der Waals surface area contributed by atoms with Crippen LogP contribution in [0.25, 0.3) is 5.65 Å². The van der Waals surface area contributed by atoms with Gasteiger partial charge in [-0.15, -0.1) is 0 Å². The predicted octanol–water partition coefficient (Wildman–Crippen LogP) is 1.84. The Morgan fingerprint density at radius 2 is 2.26 bits per heavy atom.